The highest BCUT2D eigenvalue weighted by molar-refractivity contribution is 5.94. The van der Waals surface area contributed by atoms with Crippen LogP contribution in [0.3, 0.4) is 0 Å². The molecule has 24 heavy (non-hydrogen) atoms. The Balaban J connectivity index is 1.70. The van der Waals surface area contributed by atoms with Crippen LogP contribution >= 0.6 is 0 Å². The molecule has 1 heterocycles. The highest BCUT2D eigenvalue weighted by Gasteiger charge is 2.17. The molecule has 0 saturated carbocycles. The highest BCUT2D eigenvalue weighted by atomic mass is 16.6. The number of benzene rings is 2. The maximum Gasteiger partial charge on any atom is 0.254 e. The molecule has 1 amide bonds. The Morgan fingerprint density at radius 1 is 0.958 bits per heavy atom. The number of carbonyl (C=O) groups is 1. The van der Waals surface area contributed by atoms with Gasteiger partial charge in [-0.3, -0.25) is 4.79 Å². The number of nitrogens with zero attached hydrogens (tertiary/aromatic N) is 2. The minimum atomic E-state index is -0.0383. The first-order valence-electron chi connectivity index (χ1n) is 7.96. The summed E-state index contributed by atoms with van der Waals surface area (Å²) in [6.07, 6.45) is 0. The Bertz CT molecular complexity index is 726. The van der Waals surface area contributed by atoms with E-state index < -0.39 is 0 Å². The van der Waals surface area contributed by atoms with Gasteiger partial charge in [0.1, 0.15) is 13.2 Å². The molecule has 0 bridgehead atoms. The van der Waals surface area contributed by atoms with Gasteiger partial charge in [-0.25, -0.2) is 0 Å². The van der Waals surface area contributed by atoms with Crippen molar-refractivity contribution in [3.63, 3.8) is 0 Å². The third-order valence-electron chi connectivity index (χ3n) is 4.01. The molecule has 5 nitrogen and oxygen atoms in total. The maximum atomic E-state index is 12.6. The molecule has 0 unspecified atom stereocenters. The van der Waals surface area contributed by atoms with Gasteiger partial charge >= 0.3 is 0 Å². The van der Waals surface area contributed by atoms with Gasteiger partial charge in [0.15, 0.2) is 11.5 Å². The van der Waals surface area contributed by atoms with Crippen LogP contribution in [0.4, 0.5) is 5.69 Å². The summed E-state index contributed by atoms with van der Waals surface area (Å²) in [6, 6.07) is 13.5. The molecule has 0 aliphatic carbocycles. The van der Waals surface area contributed by atoms with E-state index in [1.165, 1.54) is 0 Å². The van der Waals surface area contributed by atoms with Crippen molar-refractivity contribution in [2.75, 3.05) is 39.3 Å². The summed E-state index contributed by atoms with van der Waals surface area (Å²) in [7, 11) is 5.82. The summed E-state index contributed by atoms with van der Waals surface area (Å²) in [5, 5.41) is 0. The molecule has 0 saturated heterocycles. The van der Waals surface area contributed by atoms with Crippen molar-refractivity contribution in [1.29, 1.82) is 0 Å². The summed E-state index contributed by atoms with van der Waals surface area (Å²) in [5.74, 6) is 1.29. The molecular weight excluding hydrogens is 304 g/mol. The average molecular weight is 326 g/mol. The number of anilines is 1. The molecule has 0 radical (unpaired) electrons. The largest absolute Gasteiger partial charge is 0.486 e. The van der Waals surface area contributed by atoms with E-state index in [0.717, 1.165) is 11.3 Å². The van der Waals surface area contributed by atoms with Gasteiger partial charge < -0.3 is 19.3 Å². The first-order valence-corrected chi connectivity index (χ1v) is 7.96. The second kappa shape index (κ2) is 6.83. The van der Waals surface area contributed by atoms with Gasteiger partial charge in [0, 0.05) is 38.9 Å². The van der Waals surface area contributed by atoms with Crippen molar-refractivity contribution < 1.29 is 14.3 Å². The fraction of sp³-hybridized carbons (Fsp3) is 0.316. The van der Waals surface area contributed by atoms with Crippen molar-refractivity contribution in [2.24, 2.45) is 0 Å². The third-order valence-corrected chi connectivity index (χ3v) is 4.01. The number of fused-ring (bicyclic) bond motifs is 1. The third kappa shape index (κ3) is 3.45. The van der Waals surface area contributed by atoms with Gasteiger partial charge in [0.05, 0.1) is 0 Å². The van der Waals surface area contributed by atoms with E-state index >= 15 is 0 Å². The summed E-state index contributed by atoms with van der Waals surface area (Å²) < 4.78 is 11.0. The molecular formula is C19H22N2O3. The number of hydrogen-bond donors (Lipinski definition) is 0. The molecule has 0 aromatic heterocycles. The van der Waals surface area contributed by atoms with Crippen LogP contribution in [0.25, 0.3) is 0 Å². The van der Waals surface area contributed by atoms with Crippen LogP contribution in [-0.4, -0.2) is 45.2 Å². The molecule has 2 aromatic rings. The summed E-state index contributed by atoms with van der Waals surface area (Å²) >= 11 is 0. The average Bonchev–Trinajstić information content (AvgIpc) is 2.61. The van der Waals surface area contributed by atoms with Crippen LogP contribution in [0.15, 0.2) is 42.5 Å². The SMILES string of the molecule is CN(Cc1ccc(N(C)C)cc1)C(=O)c1ccc2c(c1)OCCO2. The van der Waals surface area contributed by atoms with Gasteiger partial charge in [0.2, 0.25) is 0 Å². The Morgan fingerprint density at radius 2 is 1.62 bits per heavy atom. The molecule has 1 aliphatic heterocycles. The van der Waals surface area contributed by atoms with Crippen LogP contribution in [0.5, 0.6) is 11.5 Å². The Labute approximate surface area is 142 Å². The predicted molar refractivity (Wildman–Crippen MR) is 94.0 cm³/mol. The normalized spacial score (nSPS) is 12.6. The fourth-order valence-electron chi connectivity index (χ4n) is 2.64. The summed E-state index contributed by atoms with van der Waals surface area (Å²) in [6.45, 7) is 1.61. The summed E-state index contributed by atoms with van der Waals surface area (Å²) in [5.41, 5.74) is 2.83. The molecule has 0 spiro atoms. The van der Waals surface area contributed by atoms with E-state index in [0.29, 0.717) is 36.8 Å². The van der Waals surface area contributed by atoms with E-state index in [4.69, 9.17) is 9.47 Å². The minimum absolute atomic E-state index is 0.0383. The van der Waals surface area contributed by atoms with Gasteiger partial charge in [-0.2, -0.15) is 0 Å². The van der Waals surface area contributed by atoms with Gasteiger partial charge in [-0.05, 0) is 35.9 Å². The van der Waals surface area contributed by atoms with E-state index in [2.05, 4.69) is 12.1 Å². The van der Waals surface area contributed by atoms with Crippen LogP contribution < -0.4 is 14.4 Å². The Kier molecular flexibility index (Phi) is 4.60. The van der Waals surface area contributed by atoms with Crippen molar-refractivity contribution in [1.82, 2.24) is 4.90 Å². The van der Waals surface area contributed by atoms with Crippen LogP contribution in [0.1, 0.15) is 15.9 Å². The molecule has 0 atom stereocenters. The Hall–Kier alpha value is -2.69. The second-order valence-corrected chi connectivity index (χ2v) is 6.08. The van der Waals surface area contributed by atoms with E-state index in [1.807, 2.05) is 31.1 Å². The first kappa shape index (κ1) is 16.2. The molecule has 0 N–H and O–H groups in total. The number of amides is 1. The molecule has 126 valence electrons. The standard InChI is InChI=1S/C19H22N2O3/c1-20(2)16-7-4-14(5-8-16)13-21(3)19(22)15-6-9-17-18(12-15)24-11-10-23-17/h4-9,12H,10-11,13H2,1-3H3. The number of ether oxygens (including phenoxy) is 2. The maximum absolute atomic E-state index is 12.6. The lowest BCUT2D eigenvalue weighted by molar-refractivity contribution is 0.0784. The van der Waals surface area contributed by atoms with E-state index in [1.54, 1.807) is 30.1 Å². The molecule has 0 fully saturated rings. The monoisotopic (exact) mass is 326 g/mol. The lowest BCUT2D eigenvalue weighted by Gasteiger charge is -2.21. The van der Waals surface area contributed by atoms with Crippen LogP contribution in [-0.2, 0) is 6.54 Å². The molecule has 2 aromatic carbocycles. The zero-order valence-corrected chi connectivity index (χ0v) is 14.3. The van der Waals surface area contributed by atoms with E-state index in [9.17, 15) is 4.79 Å². The predicted octanol–water partition coefficient (Wildman–Crippen LogP) is 2.80. The lowest BCUT2D eigenvalue weighted by atomic mass is 10.1. The second-order valence-electron chi connectivity index (χ2n) is 6.08. The fourth-order valence-corrected chi connectivity index (χ4v) is 2.64. The van der Waals surface area contributed by atoms with Gasteiger partial charge in [-0.1, -0.05) is 12.1 Å². The van der Waals surface area contributed by atoms with Crippen molar-refractivity contribution in [2.45, 2.75) is 6.54 Å². The topological polar surface area (TPSA) is 42.0 Å². The minimum Gasteiger partial charge on any atom is -0.486 e. The zero-order valence-electron chi connectivity index (χ0n) is 14.3. The molecule has 3 rings (SSSR count). The van der Waals surface area contributed by atoms with Crippen molar-refractivity contribution >= 4 is 11.6 Å². The zero-order chi connectivity index (χ0) is 17.1. The highest BCUT2D eigenvalue weighted by Crippen LogP contribution is 2.31. The smallest absolute Gasteiger partial charge is 0.254 e. The number of carbonyl (C=O) groups excluding carboxylic acids is 1. The van der Waals surface area contributed by atoms with Gasteiger partial charge in [-0.15, -0.1) is 0 Å². The number of rotatable bonds is 4. The van der Waals surface area contributed by atoms with Crippen molar-refractivity contribution in [3.8, 4) is 11.5 Å². The molecule has 1 aliphatic rings. The molecule has 5 heteroatoms. The Morgan fingerprint density at radius 3 is 2.29 bits per heavy atom. The lowest BCUT2D eigenvalue weighted by Crippen LogP contribution is -2.26. The first-order chi connectivity index (χ1) is 11.5. The van der Waals surface area contributed by atoms with Crippen LogP contribution in [0.2, 0.25) is 0 Å². The summed E-state index contributed by atoms with van der Waals surface area (Å²) in [4.78, 5) is 16.4. The van der Waals surface area contributed by atoms with Crippen LogP contribution in [0, 0.1) is 0 Å². The van der Waals surface area contributed by atoms with Crippen molar-refractivity contribution in [3.05, 3.63) is 53.6 Å². The van der Waals surface area contributed by atoms with E-state index in [-0.39, 0.29) is 5.91 Å². The quantitative estimate of drug-likeness (QED) is 0.866. The van der Waals surface area contributed by atoms with Gasteiger partial charge in [0.25, 0.3) is 5.91 Å². The number of hydrogen-bond acceptors (Lipinski definition) is 4.